The summed E-state index contributed by atoms with van der Waals surface area (Å²) in [5.41, 5.74) is 7.23. The number of carbonyl (C=O) groups is 1. The third-order valence-corrected chi connectivity index (χ3v) is 3.57. The first-order chi connectivity index (χ1) is 10.9. The van der Waals surface area contributed by atoms with E-state index in [9.17, 15) is 4.79 Å². The number of aromatic nitrogens is 5. The maximum Gasteiger partial charge on any atom is 0.303 e. The molecule has 2 aromatic rings. The number of aryl methyl sites for hydroxylation is 2. The molecule has 2 aromatic heterocycles. The summed E-state index contributed by atoms with van der Waals surface area (Å²) in [6.45, 7) is 5.08. The SMILES string of the molecule is CCn1cnnc1CN(C)c1nc(N)nc(C)c1CCC(=O)O. The largest absolute Gasteiger partial charge is 0.481 e. The molecule has 0 atom stereocenters. The van der Waals surface area contributed by atoms with E-state index in [0.29, 0.717) is 24.5 Å². The predicted octanol–water partition coefficient (Wildman–Crippen LogP) is 0.632. The van der Waals surface area contributed by atoms with Gasteiger partial charge in [0.05, 0.1) is 6.54 Å². The van der Waals surface area contributed by atoms with Crippen molar-refractivity contribution in [2.75, 3.05) is 17.7 Å². The fourth-order valence-corrected chi connectivity index (χ4v) is 2.39. The molecule has 0 aliphatic carbocycles. The summed E-state index contributed by atoms with van der Waals surface area (Å²) in [6.07, 6.45) is 2.04. The van der Waals surface area contributed by atoms with Gasteiger partial charge in [-0.05, 0) is 20.3 Å². The molecule has 2 rings (SSSR count). The summed E-state index contributed by atoms with van der Waals surface area (Å²) in [7, 11) is 1.86. The van der Waals surface area contributed by atoms with E-state index >= 15 is 0 Å². The molecule has 0 saturated carbocycles. The topological polar surface area (TPSA) is 123 Å². The molecular formula is C14H21N7O2. The number of hydrogen-bond donors (Lipinski definition) is 2. The Morgan fingerprint density at radius 2 is 2.17 bits per heavy atom. The number of nitrogens with zero attached hydrogens (tertiary/aromatic N) is 6. The molecule has 9 heteroatoms. The molecule has 0 bridgehead atoms. The van der Waals surface area contributed by atoms with Crippen molar-refractivity contribution in [3.63, 3.8) is 0 Å². The lowest BCUT2D eigenvalue weighted by Gasteiger charge is -2.22. The molecule has 3 N–H and O–H groups in total. The Hall–Kier alpha value is -2.71. The van der Waals surface area contributed by atoms with E-state index in [4.69, 9.17) is 10.8 Å². The third-order valence-electron chi connectivity index (χ3n) is 3.57. The number of aliphatic carboxylic acids is 1. The highest BCUT2D eigenvalue weighted by Crippen LogP contribution is 2.23. The fourth-order valence-electron chi connectivity index (χ4n) is 2.39. The number of hydrogen-bond acceptors (Lipinski definition) is 7. The van der Waals surface area contributed by atoms with Crippen LogP contribution in [-0.2, 0) is 24.3 Å². The Labute approximate surface area is 134 Å². The van der Waals surface area contributed by atoms with Gasteiger partial charge in [-0.1, -0.05) is 0 Å². The summed E-state index contributed by atoms with van der Waals surface area (Å²) in [4.78, 5) is 21.2. The van der Waals surface area contributed by atoms with Gasteiger partial charge in [-0.3, -0.25) is 4.79 Å². The van der Waals surface area contributed by atoms with Crippen LogP contribution in [0.5, 0.6) is 0 Å². The van der Waals surface area contributed by atoms with E-state index in [0.717, 1.165) is 17.9 Å². The van der Waals surface area contributed by atoms with Gasteiger partial charge >= 0.3 is 5.97 Å². The van der Waals surface area contributed by atoms with Gasteiger partial charge in [-0.25, -0.2) is 4.98 Å². The quantitative estimate of drug-likeness (QED) is 0.761. The normalized spacial score (nSPS) is 10.7. The summed E-state index contributed by atoms with van der Waals surface area (Å²) < 4.78 is 1.94. The summed E-state index contributed by atoms with van der Waals surface area (Å²) in [6, 6.07) is 0. The van der Waals surface area contributed by atoms with Crippen LogP contribution in [0.25, 0.3) is 0 Å². The number of rotatable bonds is 7. The van der Waals surface area contributed by atoms with Crippen LogP contribution in [0.15, 0.2) is 6.33 Å². The lowest BCUT2D eigenvalue weighted by Crippen LogP contribution is -2.23. The molecule has 0 aliphatic rings. The zero-order chi connectivity index (χ0) is 17.0. The standard InChI is InChI=1S/C14H21N7O2/c1-4-21-8-16-19-11(21)7-20(3)13-10(5-6-12(22)23)9(2)17-14(15)18-13/h8H,4-7H2,1-3H3,(H,22,23)(H2,15,17,18). The maximum absolute atomic E-state index is 10.9. The van der Waals surface area contributed by atoms with E-state index in [-0.39, 0.29) is 12.4 Å². The first-order valence-corrected chi connectivity index (χ1v) is 7.35. The molecule has 0 saturated heterocycles. The molecule has 0 aliphatic heterocycles. The van der Waals surface area contributed by atoms with Crippen LogP contribution in [0, 0.1) is 6.92 Å². The van der Waals surface area contributed by atoms with Gasteiger partial charge in [-0.2, -0.15) is 4.98 Å². The van der Waals surface area contributed by atoms with Crippen molar-refractivity contribution < 1.29 is 9.90 Å². The second-order valence-electron chi connectivity index (χ2n) is 5.25. The fraction of sp³-hybridized carbons (Fsp3) is 0.500. The van der Waals surface area contributed by atoms with Crippen molar-refractivity contribution in [3.05, 3.63) is 23.4 Å². The van der Waals surface area contributed by atoms with E-state index in [1.54, 1.807) is 13.3 Å². The van der Waals surface area contributed by atoms with Crippen molar-refractivity contribution in [1.82, 2.24) is 24.7 Å². The Balaban J connectivity index is 2.30. The first kappa shape index (κ1) is 16.7. The van der Waals surface area contributed by atoms with Gasteiger partial charge in [0.25, 0.3) is 0 Å². The Bertz CT molecular complexity index is 698. The van der Waals surface area contributed by atoms with Crippen LogP contribution < -0.4 is 10.6 Å². The molecule has 0 unspecified atom stereocenters. The number of carboxylic acid groups (broad SMARTS) is 1. The number of nitrogen functional groups attached to an aromatic ring is 1. The molecule has 23 heavy (non-hydrogen) atoms. The predicted molar refractivity (Wildman–Crippen MR) is 84.9 cm³/mol. The highest BCUT2D eigenvalue weighted by atomic mass is 16.4. The van der Waals surface area contributed by atoms with Crippen LogP contribution in [0.3, 0.4) is 0 Å². The minimum atomic E-state index is -0.861. The van der Waals surface area contributed by atoms with Crippen molar-refractivity contribution in [2.24, 2.45) is 0 Å². The summed E-state index contributed by atoms with van der Waals surface area (Å²) in [5.74, 6) is 0.733. The summed E-state index contributed by atoms with van der Waals surface area (Å²) >= 11 is 0. The molecule has 2 heterocycles. The number of anilines is 2. The van der Waals surface area contributed by atoms with Gasteiger partial charge in [0.2, 0.25) is 5.95 Å². The van der Waals surface area contributed by atoms with Gasteiger partial charge in [0.15, 0.2) is 5.82 Å². The average molecular weight is 319 g/mol. The number of nitrogens with two attached hydrogens (primary N) is 1. The van der Waals surface area contributed by atoms with Gasteiger partial charge in [0.1, 0.15) is 12.1 Å². The van der Waals surface area contributed by atoms with Crippen LogP contribution in [-0.4, -0.2) is 42.9 Å². The van der Waals surface area contributed by atoms with Gasteiger partial charge in [0, 0.05) is 31.3 Å². The molecule has 0 amide bonds. The second-order valence-corrected chi connectivity index (χ2v) is 5.25. The molecule has 0 radical (unpaired) electrons. The van der Waals surface area contributed by atoms with Crippen molar-refractivity contribution in [2.45, 2.75) is 39.8 Å². The second kappa shape index (κ2) is 7.03. The molecule has 0 aromatic carbocycles. The van der Waals surface area contributed by atoms with Crippen LogP contribution in [0.1, 0.15) is 30.4 Å². The summed E-state index contributed by atoms with van der Waals surface area (Å²) in [5, 5.41) is 16.9. The van der Waals surface area contributed by atoms with Crippen molar-refractivity contribution in [1.29, 1.82) is 0 Å². The monoisotopic (exact) mass is 319 g/mol. The minimum Gasteiger partial charge on any atom is -0.481 e. The maximum atomic E-state index is 10.9. The van der Waals surface area contributed by atoms with E-state index in [2.05, 4.69) is 20.2 Å². The average Bonchev–Trinajstić information content (AvgIpc) is 2.92. The lowest BCUT2D eigenvalue weighted by molar-refractivity contribution is -0.136. The first-order valence-electron chi connectivity index (χ1n) is 7.35. The molecular weight excluding hydrogens is 298 g/mol. The number of carboxylic acids is 1. The Kier molecular flexibility index (Phi) is 5.09. The molecule has 9 nitrogen and oxygen atoms in total. The zero-order valence-corrected chi connectivity index (χ0v) is 13.5. The highest BCUT2D eigenvalue weighted by molar-refractivity contribution is 5.67. The lowest BCUT2D eigenvalue weighted by atomic mass is 10.1. The van der Waals surface area contributed by atoms with Crippen molar-refractivity contribution in [3.8, 4) is 0 Å². The molecule has 0 fully saturated rings. The smallest absolute Gasteiger partial charge is 0.303 e. The van der Waals surface area contributed by atoms with E-state index < -0.39 is 5.97 Å². The van der Waals surface area contributed by atoms with E-state index in [1.807, 2.05) is 23.4 Å². The Morgan fingerprint density at radius 3 is 2.83 bits per heavy atom. The van der Waals surface area contributed by atoms with Crippen LogP contribution in [0.4, 0.5) is 11.8 Å². The van der Waals surface area contributed by atoms with Crippen LogP contribution >= 0.6 is 0 Å². The minimum absolute atomic E-state index is 0.0140. The molecule has 0 spiro atoms. The van der Waals surface area contributed by atoms with Crippen LogP contribution in [0.2, 0.25) is 0 Å². The molecule has 124 valence electrons. The zero-order valence-electron chi connectivity index (χ0n) is 13.5. The highest BCUT2D eigenvalue weighted by Gasteiger charge is 2.17. The third kappa shape index (κ3) is 3.93. The van der Waals surface area contributed by atoms with E-state index in [1.165, 1.54) is 0 Å². The van der Waals surface area contributed by atoms with Gasteiger partial charge in [-0.15, -0.1) is 10.2 Å². The van der Waals surface area contributed by atoms with Gasteiger partial charge < -0.3 is 20.3 Å². The van der Waals surface area contributed by atoms with Crippen molar-refractivity contribution >= 4 is 17.7 Å². The Morgan fingerprint density at radius 1 is 1.43 bits per heavy atom.